The van der Waals surface area contributed by atoms with Crippen LogP contribution in [0.3, 0.4) is 0 Å². The predicted octanol–water partition coefficient (Wildman–Crippen LogP) is 10.7. The van der Waals surface area contributed by atoms with Crippen molar-refractivity contribution in [2.45, 2.75) is 134 Å². The van der Waals surface area contributed by atoms with Gasteiger partial charge >= 0.3 is 6.03 Å². The normalized spacial score (nSPS) is 23.7. The van der Waals surface area contributed by atoms with Gasteiger partial charge in [0.1, 0.15) is 11.6 Å². The monoisotopic (exact) mass is 1030 g/mol. The molecule has 0 saturated carbocycles. The van der Waals surface area contributed by atoms with Crippen LogP contribution in [0.4, 0.5) is 13.6 Å². The zero-order valence-corrected chi connectivity index (χ0v) is 43.7. The number of nitrogens with one attached hydrogen (secondary N) is 2. The Morgan fingerprint density at radius 3 is 1.72 bits per heavy atom. The Hall–Kier alpha value is -4.35. The van der Waals surface area contributed by atoms with E-state index in [2.05, 4.69) is 36.4 Å². The summed E-state index contributed by atoms with van der Waals surface area (Å²) >= 11 is 16.8. The van der Waals surface area contributed by atoms with Gasteiger partial charge in [0, 0.05) is 80.9 Å². The summed E-state index contributed by atoms with van der Waals surface area (Å²) < 4.78 is 31.7. The van der Waals surface area contributed by atoms with Gasteiger partial charge in [-0.1, -0.05) is 30.5 Å². The van der Waals surface area contributed by atoms with Crippen molar-refractivity contribution in [3.8, 4) is 0 Å². The summed E-state index contributed by atoms with van der Waals surface area (Å²) in [5, 5.41) is 6.98. The molecule has 1 aromatic heterocycles. The summed E-state index contributed by atoms with van der Waals surface area (Å²) in [4.78, 5) is 51.5. The Morgan fingerprint density at radius 1 is 0.634 bits per heavy atom. The van der Waals surface area contributed by atoms with Crippen molar-refractivity contribution in [2.75, 3.05) is 59.0 Å². The molecular formula is C55H73F2N7O4S3. The minimum atomic E-state index is -0.331. The van der Waals surface area contributed by atoms with Crippen molar-refractivity contribution in [3.05, 3.63) is 101 Å². The fraction of sp³-hybridized carbons (Fsp3) is 0.582. The number of piperidine rings is 5. The fourth-order valence-electron chi connectivity index (χ4n) is 11.2. The number of urea groups is 1. The number of ether oxygens (including phenoxy) is 1. The lowest BCUT2D eigenvalue weighted by Gasteiger charge is -2.43. The number of hydrogen-bond acceptors (Lipinski definition) is 9. The molecule has 3 aromatic rings. The van der Waals surface area contributed by atoms with Crippen LogP contribution in [0.5, 0.6) is 0 Å². The number of hydrogen-bond donors (Lipinski definition) is 2. The van der Waals surface area contributed by atoms with Crippen molar-refractivity contribution >= 4 is 69.3 Å². The van der Waals surface area contributed by atoms with E-state index in [4.69, 9.17) is 41.4 Å². The quantitative estimate of drug-likeness (QED) is 0.157. The van der Waals surface area contributed by atoms with Crippen LogP contribution < -0.4 is 10.6 Å². The molecule has 6 aliphatic rings. The molecule has 0 aliphatic carbocycles. The summed E-state index contributed by atoms with van der Waals surface area (Å²) in [6.07, 6.45) is 22.6. The number of Topliss-reactive ketones (excluding diaryl/α,β-unsaturated/α-hetero) is 2. The number of carbonyl (C=O) groups excluding carboxylic acids is 3. The van der Waals surface area contributed by atoms with Gasteiger partial charge in [0.15, 0.2) is 16.7 Å². The number of ketones is 2. The smallest absolute Gasteiger partial charge is 0.323 e. The summed E-state index contributed by atoms with van der Waals surface area (Å²) in [7, 11) is 0. The fourth-order valence-corrected chi connectivity index (χ4v) is 12.2. The number of aromatic nitrogens is 1. The molecule has 5 unspecified atom stereocenters. The Labute approximate surface area is 436 Å². The second-order valence-corrected chi connectivity index (χ2v) is 21.2. The van der Waals surface area contributed by atoms with Gasteiger partial charge in [-0.25, -0.2) is 13.6 Å². The maximum absolute atomic E-state index is 13.0. The van der Waals surface area contributed by atoms with E-state index < -0.39 is 0 Å². The number of halogens is 2. The Bertz CT molecular complexity index is 2100. The molecule has 6 aliphatic heterocycles. The third-order valence-electron chi connectivity index (χ3n) is 15.0. The maximum atomic E-state index is 13.0. The van der Waals surface area contributed by atoms with Gasteiger partial charge in [0.05, 0.1) is 35.5 Å². The molecule has 16 heteroatoms. The Kier molecular flexibility index (Phi) is 21.6. The minimum Gasteiger partial charge on any atom is -0.381 e. The molecule has 5 atom stereocenters. The number of thiocarbonyl (C=S) groups is 3. The lowest BCUT2D eigenvalue weighted by molar-refractivity contribution is 0.0155. The number of likely N-dealkylation sites (tertiary alicyclic amines) is 4. The molecule has 2 amide bonds. The Morgan fingerprint density at radius 2 is 1.18 bits per heavy atom. The zero-order chi connectivity index (χ0) is 50.0. The Balaban J connectivity index is 0.000000157. The van der Waals surface area contributed by atoms with E-state index in [-0.39, 0.29) is 48.1 Å². The van der Waals surface area contributed by atoms with Crippen LogP contribution in [-0.4, -0.2) is 128 Å². The highest BCUT2D eigenvalue weighted by atomic mass is 32.1. The van der Waals surface area contributed by atoms with E-state index in [0.717, 1.165) is 127 Å². The lowest BCUT2D eigenvalue weighted by atomic mass is 9.85. The minimum absolute atomic E-state index is 0.0221. The van der Waals surface area contributed by atoms with Gasteiger partial charge in [0.2, 0.25) is 0 Å². The highest BCUT2D eigenvalue weighted by Gasteiger charge is 2.35. The number of nitrogens with zero attached hydrogens (tertiary/aromatic N) is 5. The SMILES string of the molecule is O=C(CC(=S)N1CCCCC1C1CCCNC1)c1ccc(F)cc1.O=C(CC(=S)N1CCCCC1C1CCCOC1)c1ccc(F)cc1.O=C(NC(=S)N1CCCCC1c1cccnc1)N1CCCCC1. The number of benzene rings is 2. The van der Waals surface area contributed by atoms with E-state index in [0.29, 0.717) is 40.2 Å². The molecule has 0 spiro atoms. The van der Waals surface area contributed by atoms with Crippen LogP contribution in [0.15, 0.2) is 73.1 Å². The van der Waals surface area contributed by atoms with Gasteiger partial charge < -0.3 is 29.7 Å². The molecule has 9 rings (SSSR count). The number of amides is 2. The van der Waals surface area contributed by atoms with Gasteiger partial charge in [-0.2, -0.15) is 0 Å². The topological polar surface area (TPSA) is 110 Å². The van der Waals surface area contributed by atoms with Crippen molar-refractivity contribution < 1.29 is 27.9 Å². The molecule has 71 heavy (non-hydrogen) atoms. The summed E-state index contributed by atoms with van der Waals surface area (Å²) in [5.41, 5.74) is 2.22. The number of pyridine rings is 1. The molecule has 0 bridgehead atoms. The molecule has 2 aromatic carbocycles. The van der Waals surface area contributed by atoms with Crippen LogP contribution in [0.2, 0.25) is 0 Å². The van der Waals surface area contributed by atoms with E-state index in [1.165, 1.54) is 86.9 Å². The first-order valence-electron chi connectivity index (χ1n) is 26.3. The van der Waals surface area contributed by atoms with E-state index >= 15 is 0 Å². The van der Waals surface area contributed by atoms with E-state index in [9.17, 15) is 23.2 Å². The second-order valence-electron chi connectivity index (χ2n) is 19.9. The highest BCUT2D eigenvalue weighted by molar-refractivity contribution is 7.80. The molecule has 6 fully saturated rings. The van der Waals surface area contributed by atoms with E-state index in [1.54, 1.807) is 18.3 Å². The first-order chi connectivity index (χ1) is 34.5. The average Bonchev–Trinajstić information content (AvgIpc) is 3.42. The zero-order valence-electron chi connectivity index (χ0n) is 41.3. The van der Waals surface area contributed by atoms with Crippen molar-refractivity contribution in [1.29, 1.82) is 0 Å². The van der Waals surface area contributed by atoms with Crippen LogP contribution in [0.1, 0.15) is 148 Å². The third kappa shape index (κ3) is 16.1. The van der Waals surface area contributed by atoms with Crippen molar-refractivity contribution in [2.24, 2.45) is 11.8 Å². The van der Waals surface area contributed by atoms with E-state index in [1.807, 2.05) is 17.2 Å². The molecule has 0 radical (unpaired) electrons. The number of rotatable bonds is 9. The lowest BCUT2D eigenvalue weighted by Crippen LogP contribution is -2.51. The van der Waals surface area contributed by atoms with Gasteiger partial charge in [-0.15, -0.1) is 0 Å². The third-order valence-corrected chi connectivity index (χ3v) is 16.1. The van der Waals surface area contributed by atoms with Crippen LogP contribution in [0, 0.1) is 23.5 Å². The predicted molar refractivity (Wildman–Crippen MR) is 288 cm³/mol. The van der Waals surface area contributed by atoms with Crippen LogP contribution in [0.25, 0.3) is 0 Å². The molecule has 11 nitrogen and oxygen atoms in total. The number of carbonyl (C=O) groups is 3. The first kappa shape index (κ1) is 54.4. The van der Waals surface area contributed by atoms with Crippen molar-refractivity contribution in [3.63, 3.8) is 0 Å². The maximum Gasteiger partial charge on any atom is 0.323 e. The van der Waals surface area contributed by atoms with Gasteiger partial charge in [-0.3, -0.25) is 19.9 Å². The molecule has 7 heterocycles. The summed E-state index contributed by atoms with van der Waals surface area (Å²) in [6.45, 7) is 8.26. The molecule has 2 N–H and O–H groups in total. The molecule has 384 valence electrons. The van der Waals surface area contributed by atoms with Gasteiger partial charge in [0.25, 0.3) is 0 Å². The van der Waals surface area contributed by atoms with Crippen molar-refractivity contribution in [1.82, 2.24) is 35.2 Å². The second kappa shape index (κ2) is 28.2. The standard InChI is InChI=1S/C19H25FN2OS.C19H24FNO2S.C17H24N4OS/c20-16-8-6-14(7-9-16)18(23)12-19(24)22-11-2-1-5-17(22)15-4-3-10-21-13-15;20-16-8-6-14(7-9-16)18(22)12-19(24)21-10-2-1-5-17(21)15-4-3-11-23-13-15;22-16(20-10-3-1-4-11-20)19-17(23)21-12-5-2-8-15(21)14-7-6-9-18-13-14/h6-9,15,17,21H,1-5,10-13H2;6-9,15,17H,1-5,10-13H2;6-7,9,13,15H,1-5,8,10-12H2,(H,19,22,23). The highest BCUT2D eigenvalue weighted by Crippen LogP contribution is 2.32. The van der Waals surface area contributed by atoms with Crippen LogP contribution in [-0.2, 0) is 4.74 Å². The first-order valence-corrected chi connectivity index (χ1v) is 27.5. The largest absolute Gasteiger partial charge is 0.381 e. The summed E-state index contributed by atoms with van der Waals surface area (Å²) in [5.74, 6) is 0.420. The van der Waals surface area contributed by atoms with Gasteiger partial charge in [-0.05, 0) is 194 Å². The molecule has 6 saturated heterocycles. The summed E-state index contributed by atoms with van der Waals surface area (Å²) in [6, 6.07) is 16.5. The van der Waals surface area contributed by atoms with Crippen LogP contribution >= 0.6 is 36.7 Å². The average molecular weight is 1030 g/mol. The molecular weight excluding hydrogens is 957 g/mol.